The average molecular weight is 343 g/mol. The van der Waals surface area contributed by atoms with Crippen molar-refractivity contribution in [1.82, 2.24) is 14.9 Å². The summed E-state index contributed by atoms with van der Waals surface area (Å²) in [5, 5.41) is 3.66. The molecule has 2 aromatic heterocycles. The second-order valence-corrected chi connectivity index (χ2v) is 6.74. The summed E-state index contributed by atoms with van der Waals surface area (Å²) in [6, 6.07) is 9.94. The SMILES string of the molecule is CC(C)c1nc(-n2cccc2)sc1C(=O)NCc1ccc(F)cc1. The van der Waals surface area contributed by atoms with Crippen molar-refractivity contribution in [2.75, 3.05) is 0 Å². The number of aromatic nitrogens is 2. The Bertz CT molecular complexity index is 823. The van der Waals surface area contributed by atoms with Crippen molar-refractivity contribution in [3.63, 3.8) is 0 Å². The van der Waals surface area contributed by atoms with Gasteiger partial charge >= 0.3 is 0 Å². The zero-order valence-corrected chi connectivity index (χ0v) is 14.3. The van der Waals surface area contributed by atoms with Crippen molar-refractivity contribution in [3.8, 4) is 5.13 Å². The fraction of sp³-hybridized carbons (Fsp3) is 0.222. The number of nitrogens with one attached hydrogen (secondary N) is 1. The van der Waals surface area contributed by atoms with Gasteiger partial charge in [0.15, 0.2) is 5.13 Å². The molecule has 2 heterocycles. The Hall–Kier alpha value is -2.47. The van der Waals surface area contributed by atoms with Crippen LogP contribution in [0.2, 0.25) is 0 Å². The van der Waals surface area contributed by atoms with Crippen molar-refractivity contribution in [3.05, 3.63) is 70.7 Å². The molecule has 0 fully saturated rings. The molecule has 0 aliphatic heterocycles. The zero-order chi connectivity index (χ0) is 17.1. The van der Waals surface area contributed by atoms with Crippen LogP contribution in [0.25, 0.3) is 5.13 Å². The van der Waals surface area contributed by atoms with Crippen molar-refractivity contribution in [2.24, 2.45) is 0 Å². The molecule has 0 atom stereocenters. The van der Waals surface area contributed by atoms with E-state index in [-0.39, 0.29) is 17.6 Å². The first-order valence-electron chi connectivity index (χ1n) is 7.71. The summed E-state index contributed by atoms with van der Waals surface area (Å²) in [7, 11) is 0. The van der Waals surface area contributed by atoms with Gasteiger partial charge in [-0.15, -0.1) is 0 Å². The van der Waals surface area contributed by atoms with Crippen LogP contribution in [0.5, 0.6) is 0 Å². The van der Waals surface area contributed by atoms with Gasteiger partial charge in [0, 0.05) is 18.9 Å². The molecule has 1 N–H and O–H groups in total. The van der Waals surface area contributed by atoms with E-state index in [9.17, 15) is 9.18 Å². The first-order chi connectivity index (χ1) is 11.5. The third-order valence-electron chi connectivity index (χ3n) is 3.59. The standard InChI is InChI=1S/C18H18FN3OS/c1-12(2)15-16(24-18(21-15)22-9-3-4-10-22)17(23)20-11-13-5-7-14(19)8-6-13/h3-10,12H,11H2,1-2H3,(H,20,23). The molecule has 4 nitrogen and oxygen atoms in total. The van der Waals surface area contributed by atoms with Gasteiger partial charge in [0.05, 0.1) is 5.69 Å². The van der Waals surface area contributed by atoms with Gasteiger partial charge < -0.3 is 9.88 Å². The number of benzene rings is 1. The van der Waals surface area contributed by atoms with E-state index in [0.29, 0.717) is 11.4 Å². The van der Waals surface area contributed by atoms with Crippen LogP contribution in [0.15, 0.2) is 48.8 Å². The summed E-state index contributed by atoms with van der Waals surface area (Å²) in [6.07, 6.45) is 3.81. The minimum Gasteiger partial charge on any atom is -0.347 e. The topological polar surface area (TPSA) is 46.9 Å². The maximum absolute atomic E-state index is 12.9. The molecule has 1 amide bonds. The van der Waals surface area contributed by atoms with Crippen LogP contribution < -0.4 is 5.32 Å². The van der Waals surface area contributed by atoms with Crippen LogP contribution in [-0.2, 0) is 6.54 Å². The molecule has 0 bridgehead atoms. The summed E-state index contributed by atoms with van der Waals surface area (Å²) in [6.45, 7) is 4.39. The minimum atomic E-state index is -0.286. The van der Waals surface area contributed by atoms with Gasteiger partial charge in [0.25, 0.3) is 5.91 Å². The molecule has 0 aliphatic carbocycles. The van der Waals surface area contributed by atoms with Gasteiger partial charge in [-0.25, -0.2) is 9.37 Å². The molecule has 0 spiro atoms. The maximum atomic E-state index is 12.9. The van der Waals surface area contributed by atoms with E-state index in [1.54, 1.807) is 12.1 Å². The Morgan fingerprint density at radius 3 is 2.54 bits per heavy atom. The Morgan fingerprint density at radius 2 is 1.92 bits per heavy atom. The normalized spacial score (nSPS) is 11.0. The summed E-state index contributed by atoms with van der Waals surface area (Å²) in [4.78, 5) is 17.8. The number of nitrogens with zero attached hydrogens (tertiary/aromatic N) is 2. The fourth-order valence-electron chi connectivity index (χ4n) is 2.31. The van der Waals surface area contributed by atoms with Gasteiger partial charge in [-0.2, -0.15) is 0 Å². The number of hydrogen-bond donors (Lipinski definition) is 1. The molecule has 0 radical (unpaired) electrons. The number of hydrogen-bond acceptors (Lipinski definition) is 3. The molecular formula is C18H18FN3OS. The van der Waals surface area contributed by atoms with Crippen molar-refractivity contribution in [1.29, 1.82) is 0 Å². The second-order valence-electron chi connectivity index (χ2n) is 5.76. The molecule has 6 heteroatoms. The van der Waals surface area contributed by atoms with E-state index in [0.717, 1.165) is 16.4 Å². The van der Waals surface area contributed by atoms with Gasteiger partial charge in [-0.3, -0.25) is 4.79 Å². The van der Waals surface area contributed by atoms with Crippen LogP contribution in [-0.4, -0.2) is 15.5 Å². The molecule has 0 aliphatic rings. The molecule has 0 saturated heterocycles. The van der Waals surface area contributed by atoms with Crippen molar-refractivity contribution < 1.29 is 9.18 Å². The van der Waals surface area contributed by atoms with E-state index in [2.05, 4.69) is 10.3 Å². The van der Waals surface area contributed by atoms with Crippen molar-refractivity contribution >= 4 is 17.2 Å². The van der Waals surface area contributed by atoms with Crippen LogP contribution in [0, 0.1) is 5.82 Å². The Balaban J connectivity index is 1.79. The van der Waals surface area contributed by atoms with E-state index in [1.807, 2.05) is 42.9 Å². The Kier molecular flexibility index (Phi) is 4.76. The molecule has 3 rings (SSSR count). The number of rotatable bonds is 5. The van der Waals surface area contributed by atoms with Crippen LogP contribution >= 0.6 is 11.3 Å². The summed E-state index contributed by atoms with van der Waals surface area (Å²) in [5.74, 6) is -0.290. The average Bonchev–Trinajstić information content (AvgIpc) is 3.23. The van der Waals surface area contributed by atoms with Crippen LogP contribution in [0.1, 0.15) is 40.7 Å². The highest BCUT2D eigenvalue weighted by atomic mass is 32.1. The number of carbonyl (C=O) groups is 1. The molecule has 124 valence electrons. The lowest BCUT2D eigenvalue weighted by Gasteiger charge is -2.07. The zero-order valence-electron chi connectivity index (χ0n) is 13.5. The number of halogens is 1. The van der Waals surface area contributed by atoms with Crippen LogP contribution in [0.4, 0.5) is 4.39 Å². The summed E-state index contributed by atoms with van der Waals surface area (Å²) < 4.78 is 14.8. The first kappa shape index (κ1) is 16.4. The summed E-state index contributed by atoms with van der Waals surface area (Å²) in [5.41, 5.74) is 1.64. The van der Waals surface area contributed by atoms with Gasteiger partial charge in [-0.05, 0) is 35.7 Å². The first-order valence-corrected chi connectivity index (χ1v) is 8.53. The van der Waals surface area contributed by atoms with Crippen molar-refractivity contribution in [2.45, 2.75) is 26.3 Å². The quantitative estimate of drug-likeness (QED) is 0.757. The summed E-state index contributed by atoms with van der Waals surface area (Å²) >= 11 is 1.37. The highest BCUT2D eigenvalue weighted by Gasteiger charge is 2.20. The Labute approximate surface area is 144 Å². The largest absolute Gasteiger partial charge is 0.347 e. The van der Waals surface area contributed by atoms with Gasteiger partial charge in [0.2, 0.25) is 0 Å². The molecule has 1 aromatic carbocycles. The number of amides is 1. The highest BCUT2D eigenvalue weighted by molar-refractivity contribution is 7.16. The van der Waals surface area contributed by atoms with Gasteiger partial charge in [0.1, 0.15) is 10.7 Å². The third-order valence-corrected chi connectivity index (χ3v) is 4.67. The lowest BCUT2D eigenvalue weighted by molar-refractivity contribution is 0.0953. The smallest absolute Gasteiger partial charge is 0.263 e. The number of thiazole rings is 1. The van der Waals surface area contributed by atoms with Crippen LogP contribution in [0.3, 0.4) is 0 Å². The Morgan fingerprint density at radius 1 is 1.25 bits per heavy atom. The number of carbonyl (C=O) groups excluding carboxylic acids is 1. The van der Waals surface area contributed by atoms with E-state index >= 15 is 0 Å². The third kappa shape index (κ3) is 3.54. The predicted octanol–water partition coefficient (Wildman–Crippen LogP) is 4.13. The molecule has 0 unspecified atom stereocenters. The molecular weight excluding hydrogens is 325 g/mol. The predicted molar refractivity (Wildman–Crippen MR) is 93.1 cm³/mol. The fourth-order valence-corrected chi connectivity index (χ4v) is 3.42. The monoisotopic (exact) mass is 343 g/mol. The molecule has 24 heavy (non-hydrogen) atoms. The van der Waals surface area contributed by atoms with Gasteiger partial charge in [-0.1, -0.05) is 37.3 Å². The lowest BCUT2D eigenvalue weighted by Crippen LogP contribution is -2.23. The second kappa shape index (κ2) is 6.97. The molecule has 0 saturated carbocycles. The van der Waals surface area contributed by atoms with E-state index < -0.39 is 0 Å². The van der Waals surface area contributed by atoms with E-state index in [4.69, 9.17) is 0 Å². The maximum Gasteiger partial charge on any atom is 0.263 e. The lowest BCUT2D eigenvalue weighted by atomic mass is 10.1. The highest BCUT2D eigenvalue weighted by Crippen LogP contribution is 2.27. The minimum absolute atomic E-state index is 0.150. The van der Waals surface area contributed by atoms with E-state index in [1.165, 1.54) is 23.5 Å². The molecule has 3 aromatic rings.